The molecule has 0 bridgehead atoms. The molecule has 5 nitrogen and oxygen atoms in total. The van der Waals surface area contributed by atoms with E-state index in [-0.39, 0.29) is 23.7 Å². The predicted octanol–water partition coefficient (Wildman–Crippen LogP) is 0.735. The van der Waals surface area contributed by atoms with E-state index in [1.54, 1.807) is 12.0 Å². The maximum atomic E-state index is 11.6. The number of carbonyl (C=O) groups excluding carboxylic acids is 1. The normalized spacial score (nSPS) is 34.9. The summed E-state index contributed by atoms with van der Waals surface area (Å²) in [6, 6.07) is -0.0860. The second kappa shape index (κ2) is 3.20. The van der Waals surface area contributed by atoms with E-state index >= 15 is 0 Å². The smallest absolute Gasteiger partial charge is 0.346 e. The van der Waals surface area contributed by atoms with Crippen molar-refractivity contribution in [1.29, 1.82) is 0 Å². The molecule has 0 aromatic carbocycles. The van der Waals surface area contributed by atoms with E-state index in [9.17, 15) is 4.79 Å². The molecule has 1 heterocycles. The second-order valence-electron chi connectivity index (χ2n) is 4.54. The summed E-state index contributed by atoms with van der Waals surface area (Å²) in [5.41, 5.74) is 5.49. The minimum atomic E-state index is -0.355. The number of nitrogens with zero attached hydrogens (tertiary/aromatic N) is 2. The first-order chi connectivity index (χ1) is 7.01. The summed E-state index contributed by atoms with van der Waals surface area (Å²) >= 11 is 0. The van der Waals surface area contributed by atoms with Gasteiger partial charge in [-0.05, 0) is 13.8 Å². The van der Waals surface area contributed by atoms with E-state index in [1.807, 2.05) is 13.8 Å². The molecule has 2 N–H and O–H groups in total. The summed E-state index contributed by atoms with van der Waals surface area (Å²) in [6.45, 7) is 3.96. The van der Waals surface area contributed by atoms with Crippen molar-refractivity contribution in [2.24, 2.45) is 10.7 Å². The van der Waals surface area contributed by atoms with E-state index in [0.29, 0.717) is 5.84 Å². The molecule has 2 rings (SSSR count). The summed E-state index contributed by atoms with van der Waals surface area (Å²) < 4.78 is 5.24. The van der Waals surface area contributed by atoms with Gasteiger partial charge in [0, 0.05) is 26.0 Å². The predicted molar refractivity (Wildman–Crippen MR) is 56.8 cm³/mol. The molecule has 0 aromatic rings. The van der Waals surface area contributed by atoms with Gasteiger partial charge in [0.1, 0.15) is 11.4 Å². The average Bonchev–Trinajstić information content (AvgIpc) is 2.33. The number of aliphatic imine (C=N–C) groups is 1. The van der Waals surface area contributed by atoms with Crippen LogP contribution in [0.25, 0.3) is 0 Å². The van der Waals surface area contributed by atoms with Crippen LogP contribution in [0.5, 0.6) is 0 Å². The van der Waals surface area contributed by atoms with E-state index in [0.717, 1.165) is 12.8 Å². The number of amides is 2. The summed E-state index contributed by atoms with van der Waals surface area (Å²) in [7, 11) is 1.68. The zero-order chi connectivity index (χ0) is 11.2. The van der Waals surface area contributed by atoms with Crippen molar-refractivity contribution >= 4 is 11.9 Å². The molecule has 1 spiro atoms. The SMILES string of the molecule is COC1CC2(C1)C(N)=NC(=O)N2C(C)C. The molecule has 0 unspecified atom stereocenters. The van der Waals surface area contributed by atoms with Crippen LogP contribution >= 0.6 is 0 Å². The van der Waals surface area contributed by atoms with E-state index < -0.39 is 0 Å². The standard InChI is InChI=1S/C10H17N3O2/c1-6(2)13-9(14)12-8(11)10(13)4-7(5-10)15-3/h6-7H,4-5H2,1-3H3,(H2,11,12,14). The highest BCUT2D eigenvalue weighted by Crippen LogP contribution is 2.43. The van der Waals surface area contributed by atoms with E-state index in [1.165, 1.54) is 0 Å². The monoisotopic (exact) mass is 211 g/mol. The molecule has 1 saturated carbocycles. The Balaban J connectivity index is 2.23. The molecular formula is C10H17N3O2. The number of carbonyl (C=O) groups is 1. The van der Waals surface area contributed by atoms with Gasteiger partial charge < -0.3 is 15.4 Å². The maximum absolute atomic E-state index is 11.6. The highest BCUT2D eigenvalue weighted by atomic mass is 16.5. The summed E-state index contributed by atoms with van der Waals surface area (Å²) in [4.78, 5) is 17.3. The Kier molecular flexibility index (Phi) is 2.22. The fourth-order valence-electron chi connectivity index (χ4n) is 2.55. The highest BCUT2D eigenvalue weighted by molar-refractivity contribution is 6.06. The van der Waals surface area contributed by atoms with Crippen molar-refractivity contribution in [2.45, 2.75) is 44.4 Å². The molecule has 1 aliphatic carbocycles. The number of hydrogen-bond acceptors (Lipinski definition) is 3. The number of amidine groups is 1. The number of rotatable bonds is 2. The molecule has 84 valence electrons. The second-order valence-corrected chi connectivity index (χ2v) is 4.54. The summed E-state index contributed by atoms with van der Waals surface area (Å²) in [5, 5.41) is 0. The van der Waals surface area contributed by atoms with Gasteiger partial charge in [-0.1, -0.05) is 0 Å². The van der Waals surface area contributed by atoms with E-state index in [2.05, 4.69) is 4.99 Å². The number of nitrogens with two attached hydrogens (primary N) is 1. The lowest BCUT2D eigenvalue weighted by molar-refractivity contribution is -0.0437. The van der Waals surface area contributed by atoms with Gasteiger partial charge in [0.05, 0.1) is 6.10 Å². The van der Waals surface area contributed by atoms with Crippen LogP contribution in [-0.2, 0) is 4.74 Å². The van der Waals surface area contributed by atoms with Crippen LogP contribution < -0.4 is 5.73 Å². The topological polar surface area (TPSA) is 67.9 Å². The van der Waals surface area contributed by atoms with Gasteiger partial charge in [-0.25, -0.2) is 4.79 Å². The van der Waals surface area contributed by atoms with Gasteiger partial charge >= 0.3 is 6.03 Å². The van der Waals surface area contributed by atoms with Crippen LogP contribution in [0.4, 0.5) is 4.79 Å². The van der Waals surface area contributed by atoms with Crippen molar-refractivity contribution < 1.29 is 9.53 Å². The molecule has 0 aromatic heterocycles. The lowest BCUT2D eigenvalue weighted by Crippen LogP contribution is -2.65. The molecular weight excluding hydrogens is 194 g/mol. The van der Waals surface area contributed by atoms with Crippen molar-refractivity contribution in [3.05, 3.63) is 0 Å². The average molecular weight is 211 g/mol. The van der Waals surface area contributed by atoms with Crippen LogP contribution in [0.3, 0.4) is 0 Å². The number of urea groups is 1. The number of hydrogen-bond donors (Lipinski definition) is 1. The van der Waals surface area contributed by atoms with Crippen LogP contribution in [-0.4, -0.2) is 41.6 Å². The molecule has 15 heavy (non-hydrogen) atoms. The lowest BCUT2D eigenvalue weighted by Gasteiger charge is -2.50. The van der Waals surface area contributed by atoms with E-state index in [4.69, 9.17) is 10.5 Å². The van der Waals surface area contributed by atoms with Gasteiger partial charge in [0.25, 0.3) is 0 Å². The molecule has 0 saturated heterocycles. The van der Waals surface area contributed by atoms with Gasteiger partial charge in [-0.2, -0.15) is 4.99 Å². The Morgan fingerprint density at radius 3 is 2.67 bits per heavy atom. The number of ether oxygens (including phenoxy) is 1. The van der Waals surface area contributed by atoms with Crippen molar-refractivity contribution in [3.8, 4) is 0 Å². The quantitative estimate of drug-likeness (QED) is 0.732. The van der Waals surface area contributed by atoms with Crippen molar-refractivity contribution in [1.82, 2.24) is 4.90 Å². The molecule has 2 amide bonds. The van der Waals surface area contributed by atoms with Crippen molar-refractivity contribution in [3.63, 3.8) is 0 Å². The first-order valence-electron chi connectivity index (χ1n) is 5.22. The van der Waals surface area contributed by atoms with Gasteiger partial charge in [-0.3, -0.25) is 0 Å². The third kappa shape index (κ3) is 1.26. The third-order valence-electron chi connectivity index (χ3n) is 3.34. The fourth-order valence-corrected chi connectivity index (χ4v) is 2.55. The Bertz CT molecular complexity index is 319. The summed E-state index contributed by atoms with van der Waals surface area (Å²) in [5.74, 6) is 0.453. The molecule has 5 heteroatoms. The van der Waals surface area contributed by atoms with Crippen molar-refractivity contribution in [2.75, 3.05) is 7.11 Å². The molecule has 0 atom stereocenters. The summed E-state index contributed by atoms with van der Waals surface area (Å²) in [6.07, 6.45) is 1.73. The molecule has 1 aliphatic heterocycles. The maximum Gasteiger partial charge on any atom is 0.346 e. The fraction of sp³-hybridized carbons (Fsp3) is 0.800. The van der Waals surface area contributed by atoms with Gasteiger partial charge in [-0.15, -0.1) is 0 Å². The minimum Gasteiger partial charge on any atom is -0.385 e. The third-order valence-corrected chi connectivity index (χ3v) is 3.34. The zero-order valence-corrected chi connectivity index (χ0v) is 9.36. The first kappa shape index (κ1) is 10.4. The highest BCUT2D eigenvalue weighted by Gasteiger charge is 2.57. The Hall–Kier alpha value is -1.10. The number of methoxy groups -OCH3 is 1. The largest absolute Gasteiger partial charge is 0.385 e. The molecule has 1 fully saturated rings. The Morgan fingerprint density at radius 1 is 1.60 bits per heavy atom. The Labute approximate surface area is 89.3 Å². The minimum absolute atomic E-state index is 0.125. The molecule has 2 aliphatic rings. The first-order valence-corrected chi connectivity index (χ1v) is 5.22. The zero-order valence-electron chi connectivity index (χ0n) is 9.36. The Morgan fingerprint density at radius 2 is 2.20 bits per heavy atom. The van der Waals surface area contributed by atoms with Gasteiger partial charge in [0.2, 0.25) is 0 Å². The lowest BCUT2D eigenvalue weighted by atomic mass is 9.72. The van der Waals surface area contributed by atoms with Crippen LogP contribution in [0.2, 0.25) is 0 Å². The van der Waals surface area contributed by atoms with Crippen LogP contribution in [0.15, 0.2) is 4.99 Å². The van der Waals surface area contributed by atoms with Gasteiger partial charge in [0.15, 0.2) is 0 Å². The van der Waals surface area contributed by atoms with Crippen LogP contribution in [0, 0.1) is 0 Å². The van der Waals surface area contributed by atoms with Crippen LogP contribution in [0.1, 0.15) is 26.7 Å². The molecule has 0 radical (unpaired) electrons.